The maximum absolute atomic E-state index is 12.7. The summed E-state index contributed by atoms with van der Waals surface area (Å²) in [6, 6.07) is 12.7. The third-order valence-electron chi connectivity index (χ3n) is 4.84. The van der Waals surface area contributed by atoms with Gasteiger partial charge in [-0.05, 0) is 36.6 Å². The molecule has 4 amide bonds. The monoisotopic (exact) mass is 455 g/mol. The first-order chi connectivity index (χ1) is 15.8. The number of nitrogens with two attached hydrogens (primary N) is 1. The van der Waals surface area contributed by atoms with E-state index in [1.165, 1.54) is 19.1 Å². The van der Waals surface area contributed by atoms with Crippen LogP contribution in [-0.2, 0) is 32.0 Å². The molecule has 0 bridgehead atoms. The Hall–Kier alpha value is -3.92. The van der Waals surface area contributed by atoms with E-state index in [1.54, 1.807) is 12.1 Å². The van der Waals surface area contributed by atoms with Gasteiger partial charge in [-0.25, -0.2) is 0 Å². The molecule has 0 aromatic heterocycles. The lowest BCUT2D eigenvalue weighted by atomic mass is 10.0. The smallest absolute Gasteiger partial charge is 0.244 e. The van der Waals surface area contributed by atoms with Gasteiger partial charge in [-0.2, -0.15) is 0 Å². The zero-order chi connectivity index (χ0) is 24.2. The van der Waals surface area contributed by atoms with Crippen molar-refractivity contribution in [3.8, 4) is 5.75 Å². The minimum Gasteiger partial charge on any atom is -0.508 e. The average molecular weight is 456 g/mol. The molecule has 2 rings (SSSR count). The van der Waals surface area contributed by atoms with E-state index >= 15 is 0 Å². The Morgan fingerprint density at radius 1 is 0.909 bits per heavy atom. The van der Waals surface area contributed by atoms with Gasteiger partial charge in [0.2, 0.25) is 24.1 Å². The Bertz CT molecular complexity index is 936. The van der Waals surface area contributed by atoms with Crippen molar-refractivity contribution in [1.29, 1.82) is 0 Å². The van der Waals surface area contributed by atoms with Gasteiger partial charge in [0.15, 0.2) is 0 Å². The summed E-state index contributed by atoms with van der Waals surface area (Å²) in [5.74, 6) is -1.45. The molecular formula is C23H29N5O5. The number of hydrogen-bond donors (Lipinski definition) is 6. The maximum atomic E-state index is 12.7. The molecule has 2 aromatic rings. The fourth-order valence-corrected chi connectivity index (χ4v) is 3.02. The van der Waals surface area contributed by atoms with E-state index in [1.807, 2.05) is 30.3 Å². The minimum atomic E-state index is -0.942. The van der Waals surface area contributed by atoms with Gasteiger partial charge in [-0.1, -0.05) is 42.5 Å². The van der Waals surface area contributed by atoms with E-state index in [0.29, 0.717) is 6.41 Å². The second kappa shape index (κ2) is 12.8. The van der Waals surface area contributed by atoms with Gasteiger partial charge in [0.25, 0.3) is 0 Å². The summed E-state index contributed by atoms with van der Waals surface area (Å²) in [5, 5.41) is 19.4. The Balaban J connectivity index is 1.96. The highest BCUT2D eigenvalue weighted by Gasteiger charge is 2.25. The lowest BCUT2D eigenvalue weighted by Crippen LogP contribution is -2.56. The van der Waals surface area contributed by atoms with Crippen LogP contribution in [0.4, 0.5) is 0 Å². The first kappa shape index (κ1) is 25.3. The molecule has 10 nitrogen and oxygen atoms in total. The van der Waals surface area contributed by atoms with E-state index in [2.05, 4.69) is 21.3 Å². The van der Waals surface area contributed by atoms with Gasteiger partial charge < -0.3 is 32.1 Å². The van der Waals surface area contributed by atoms with Crippen LogP contribution in [0.25, 0.3) is 0 Å². The van der Waals surface area contributed by atoms with Crippen LogP contribution >= 0.6 is 0 Å². The van der Waals surface area contributed by atoms with Crippen LogP contribution in [0.5, 0.6) is 5.75 Å². The van der Waals surface area contributed by atoms with Crippen molar-refractivity contribution in [3.63, 3.8) is 0 Å². The summed E-state index contributed by atoms with van der Waals surface area (Å²) in [7, 11) is 0. The van der Waals surface area contributed by atoms with Crippen molar-refractivity contribution in [2.45, 2.75) is 37.9 Å². The Morgan fingerprint density at radius 3 is 2.18 bits per heavy atom. The van der Waals surface area contributed by atoms with Crippen LogP contribution in [0.2, 0.25) is 0 Å². The number of aromatic hydroxyl groups is 1. The summed E-state index contributed by atoms with van der Waals surface area (Å²) in [5.41, 5.74) is 7.54. The molecule has 0 aliphatic rings. The van der Waals surface area contributed by atoms with Crippen molar-refractivity contribution in [2.24, 2.45) is 5.73 Å². The molecule has 0 aliphatic carbocycles. The zero-order valence-electron chi connectivity index (χ0n) is 18.3. The van der Waals surface area contributed by atoms with E-state index in [4.69, 9.17) is 5.73 Å². The molecule has 0 radical (unpaired) electrons. The van der Waals surface area contributed by atoms with Crippen LogP contribution in [0.3, 0.4) is 0 Å². The molecule has 0 unspecified atom stereocenters. The summed E-state index contributed by atoms with van der Waals surface area (Å²) in [6.07, 6.45) is 0.897. The minimum absolute atomic E-state index is 0.0815. The van der Waals surface area contributed by atoms with Crippen molar-refractivity contribution >= 4 is 24.1 Å². The van der Waals surface area contributed by atoms with Gasteiger partial charge in [-0.3, -0.25) is 19.2 Å². The molecule has 10 heteroatoms. The molecule has 0 saturated carbocycles. The lowest BCUT2D eigenvalue weighted by Gasteiger charge is -2.22. The number of rotatable bonds is 12. The van der Waals surface area contributed by atoms with Crippen molar-refractivity contribution in [1.82, 2.24) is 21.3 Å². The summed E-state index contributed by atoms with van der Waals surface area (Å²) in [6.45, 7) is 1.41. The topological polar surface area (TPSA) is 163 Å². The highest BCUT2D eigenvalue weighted by atomic mass is 16.3. The molecule has 2 aromatic carbocycles. The molecule has 33 heavy (non-hydrogen) atoms. The molecule has 0 fully saturated rings. The second-order valence-electron chi connectivity index (χ2n) is 7.50. The van der Waals surface area contributed by atoms with Crippen LogP contribution in [0, 0.1) is 0 Å². The van der Waals surface area contributed by atoms with E-state index in [0.717, 1.165) is 11.1 Å². The molecule has 176 valence electrons. The third kappa shape index (κ3) is 8.62. The standard InChI is InChI=1S/C23H29N5O5/c1-15(27-22(32)19(24)11-17-7-9-18(30)10-8-17)21(31)28-20(23(33)26-13-25-14-29)12-16-5-3-2-4-6-16/h2-10,14-15,19-20,30H,11-13,24H2,1H3,(H,25,29)(H,26,33)(H,27,32)(H,28,31)/t15-,19+,20+/m1/s1. The van der Waals surface area contributed by atoms with Crippen LogP contribution < -0.4 is 27.0 Å². The van der Waals surface area contributed by atoms with Gasteiger partial charge in [0, 0.05) is 6.42 Å². The fraction of sp³-hybridized carbons (Fsp3) is 0.304. The van der Waals surface area contributed by atoms with Crippen molar-refractivity contribution in [3.05, 3.63) is 65.7 Å². The second-order valence-corrected chi connectivity index (χ2v) is 7.50. The molecule has 3 atom stereocenters. The Labute approximate surface area is 191 Å². The molecular weight excluding hydrogens is 426 g/mol. The Kier molecular flexibility index (Phi) is 9.84. The number of nitrogens with one attached hydrogen (secondary N) is 4. The van der Waals surface area contributed by atoms with Crippen LogP contribution in [-0.4, -0.2) is 54.0 Å². The highest BCUT2D eigenvalue weighted by molar-refractivity contribution is 5.93. The lowest BCUT2D eigenvalue weighted by molar-refractivity contribution is -0.132. The number of hydrogen-bond acceptors (Lipinski definition) is 6. The summed E-state index contributed by atoms with van der Waals surface area (Å²) in [4.78, 5) is 48.1. The maximum Gasteiger partial charge on any atom is 0.244 e. The molecule has 0 aliphatic heterocycles. The van der Waals surface area contributed by atoms with Crippen LogP contribution in [0.15, 0.2) is 54.6 Å². The van der Waals surface area contributed by atoms with Crippen molar-refractivity contribution in [2.75, 3.05) is 6.67 Å². The van der Waals surface area contributed by atoms with Gasteiger partial charge in [0.05, 0.1) is 12.7 Å². The largest absolute Gasteiger partial charge is 0.508 e. The van der Waals surface area contributed by atoms with Gasteiger partial charge >= 0.3 is 0 Å². The van der Waals surface area contributed by atoms with Gasteiger partial charge in [0.1, 0.15) is 17.8 Å². The normalized spacial score (nSPS) is 13.2. The van der Waals surface area contributed by atoms with E-state index < -0.39 is 35.8 Å². The molecule has 7 N–H and O–H groups in total. The summed E-state index contributed by atoms with van der Waals surface area (Å²) >= 11 is 0. The fourth-order valence-electron chi connectivity index (χ4n) is 3.02. The summed E-state index contributed by atoms with van der Waals surface area (Å²) < 4.78 is 0. The predicted octanol–water partition coefficient (Wildman–Crippen LogP) is -0.686. The first-order valence-corrected chi connectivity index (χ1v) is 10.4. The van der Waals surface area contributed by atoms with E-state index in [9.17, 15) is 24.3 Å². The van der Waals surface area contributed by atoms with E-state index in [-0.39, 0.29) is 25.3 Å². The molecule has 0 saturated heterocycles. The van der Waals surface area contributed by atoms with Crippen LogP contribution in [0.1, 0.15) is 18.1 Å². The SMILES string of the molecule is C[C@@H](NC(=O)[C@@H](N)Cc1ccc(O)cc1)C(=O)N[C@@H](Cc1ccccc1)C(=O)NCNC=O. The number of amides is 4. The number of benzene rings is 2. The zero-order valence-corrected chi connectivity index (χ0v) is 18.3. The molecule has 0 spiro atoms. The number of carbonyl (C=O) groups is 4. The number of carbonyl (C=O) groups excluding carboxylic acids is 4. The number of phenols is 1. The number of phenolic OH excluding ortho intramolecular Hbond substituents is 1. The average Bonchev–Trinajstić information content (AvgIpc) is 2.80. The molecule has 0 heterocycles. The quantitative estimate of drug-likeness (QED) is 0.141. The third-order valence-corrected chi connectivity index (χ3v) is 4.84. The highest BCUT2D eigenvalue weighted by Crippen LogP contribution is 2.11. The predicted molar refractivity (Wildman–Crippen MR) is 122 cm³/mol. The Morgan fingerprint density at radius 2 is 1.55 bits per heavy atom. The first-order valence-electron chi connectivity index (χ1n) is 10.4. The van der Waals surface area contributed by atoms with Crippen molar-refractivity contribution < 1.29 is 24.3 Å². The van der Waals surface area contributed by atoms with Gasteiger partial charge in [-0.15, -0.1) is 0 Å².